The van der Waals surface area contributed by atoms with Crippen molar-refractivity contribution in [2.24, 2.45) is 17.6 Å². The van der Waals surface area contributed by atoms with Crippen LogP contribution in [0.1, 0.15) is 38.4 Å². The minimum absolute atomic E-state index is 0. The monoisotopic (exact) mass is 409 g/mol. The summed E-state index contributed by atoms with van der Waals surface area (Å²) in [6.07, 6.45) is 2.08. The van der Waals surface area contributed by atoms with Gasteiger partial charge in [-0.3, -0.25) is 9.59 Å². The van der Waals surface area contributed by atoms with Crippen LogP contribution in [0.4, 0.5) is 5.69 Å². The summed E-state index contributed by atoms with van der Waals surface area (Å²) >= 11 is 0. The number of benzene rings is 1. The van der Waals surface area contributed by atoms with Crippen LogP contribution in [0.5, 0.6) is 0 Å². The summed E-state index contributed by atoms with van der Waals surface area (Å²) in [7, 11) is 0. The van der Waals surface area contributed by atoms with Crippen LogP contribution in [0.25, 0.3) is 0 Å². The third kappa shape index (κ3) is 6.61. The maximum absolute atomic E-state index is 12.5. The molecule has 9 heteroatoms. The lowest BCUT2D eigenvalue weighted by Gasteiger charge is -2.17. The van der Waals surface area contributed by atoms with Crippen LogP contribution in [-0.2, 0) is 27.4 Å². The molecule has 28 heavy (non-hydrogen) atoms. The predicted molar refractivity (Wildman–Crippen MR) is 109 cm³/mol. The van der Waals surface area contributed by atoms with Gasteiger partial charge < -0.3 is 15.8 Å². The second-order valence-corrected chi connectivity index (χ2v) is 6.71. The normalized spacial score (nSPS) is 11.6. The topological polar surface area (TPSA) is 112 Å². The number of ether oxygens (including phenoxy) is 1. The molecule has 2 aromatic rings. The zero-order chi connectivity index (χ0) is 19.8. The number of amides is 1. The summed E-state index contributed by atoms with van der Waals surface area (Å²) in [5.41, 5.74) is 8.12. The van der Waals surface area contributed by atoms with Gasteiger partial charge in [0.05, 0.1) is 25.0 Å². The molecule has 1 heterocycles. The molecule has 0 saturated carbocycles. The van der Waals surface area contributed by atoms with Gasteiger partial charge in [-0.05, 0) is 37.0 Å². The molecule has 0 spiro atoms. The number of halogens is 1. The summed E-state index contributed by atoms with van der Waals surface area (Å²) in [5.74, 6) is -1.45. The fraction of sp³-hybridized carbons (Fsp3) is 0.474. The molecule has 0 aliphatic rings. The molecule has 3 N–H and O–H groups in total. The number of nitrogens with zero attached hydrogens (tertiary/aromatic N) is 3. The lowest BCUT2D eigenvalue weighted by atomic mass is 9.96. The van der Waals surface area contributed by atoms with Crippen molar-refractivity contribution in [3.63, 3.8) is 0 Å². The van der Waals surface area contributed by atoms with E-state index in [1.165, 1.54) is 0 Å². The second-order valence-electron chi connectivity index (χ2n) is 6.71. The van der Waals surface area contributed by atoms with Crippen molar-refractivity contribution in [2.45, 2.75) is 40.3 Å². The van der Waals surface area contributed by atoms with E-state index in [-0.39, 0.29) is 30.8 Å². The maximum Gasteiger partial charge on any atom is 0.318 e. The first-order chi connectivity index (χ1) is 12.9. The van der Waals surface area contributed by atoms with Crippen molar-refractivity contribution in [1.82, 2.24) is 15.0 Å². The largest absolute Gasteiger partial charge is 0.465 e. The molecule has 0 radical (unpaired) electrons. The van der Waals surface area contributed by atoms with Gasteiger partial charge in [0.2, 0.25) is 5.91 Å². The maximum atomic E-state index is 12.5. The summed E-state index contributed by atoms with van der Waals surface area (Å²) in [6, 6.07) is 7.37. The average molecular weight is 410 g/mol. The highest BCUT2D eigenvalue weighted by molar-refractivity contribution is 6.04. The van der Waals surface area contributed by atoms with Crippen LogP contribution in [0, 0.1) is 11.8 Å². The van der Waals surface area contributed by atoms with E-state index < -0.39 is 11.9 Å². The number of anilines is 1. The minimum atomic E-state index is -0.813. The lowest BCUT2D eigenvalue weighted by molar-refractivity contribution is -0.151. The molecule has 0 aliphatic heterocycles. The molecular weight excluding hydrogens is 382 g/mol. The molecule has 1 aromatic heterocycles. The number of carbonyl (C=O) groups excluding carboxylic acids is 2. The first kappa shape index (κ1) is 23.6. The standard InChI is InChI=1S/C19H27N5O3.ClH/c1-4-27-19(26)17(9-13(2)3)18(25)22-15-7-5-14(6-8-15)12-24-16(10-20)11-21-23-24;/h5-8,11,13,17H,4,9-10,12,20H2,1-3H3,(H,22,25);1H. The zero-order valence-corrected chi connectivity index (χ0v) is 17.2. The van der Waals surface area contributed by atoms with Gasteiger partial charge in [-0.2, -0.15) is 0 Å². The molecule has 1 aromatic carbocycles. The summed E-state index contributed by atoms with van der Waals surface area (Å²) in [6.45, 7) is 6.82. The fourth-order valence-electron chi connectivity index (χ4n) is 2.69. The van der Waals surface area contributed by atoms with Gasteiger partial charge in [0.15, 0.2) is 0 Å². The third-order valence-corrected chi connectivity index (χ3v) is 4.06. The van der Waals surface area contributed by atoms with Gasteiger partial charge in [0.1, 0.15) is 5.92 Å². The Morgan fingerprint density at radius 2 is 1.93 bits per heavy atom. The van der Waals surface area contributed by atoms with Crippen LogP contribution in [0.3, 0.4) is 0 Å². The van der Waals surface area contributed by atoms with Crippen LogP contribution >= 0.6 is 12.4 Å². The Hall–Kier alpha value is -2.45. The average Bonchev–Trinajstić information content (AvgIpc) is 3.08. The zero-order valence-electron chi connectivity index (χ0n) is 16.4. The van der Waals surface area contributed by atoms with E-state index in [9.17, 15) is 9.59 Å². The van der Waals surface area contributed by atoms with Crippen molar-refractivity contribution >= 4 is 30.0 Å². The number of carbonyl (C=O) groups is 2. The van der Waals surface area contributed by atoms with E-state index in [0.717, 1.165) is 11.3 Å². The highest BCUT2D eigenvalue weighted by Gasteiger charge is 2.28. The number of nitrogens with one attached hydrogen (secondary N) is 1. The molecule has 0 fully saturated rings. The predicted octanol–water partition coefficient (Wildman–Crippen LogP) is 2.37. The molecule has 154 valence electrons. The van der Waals surface area contributed by atoms with Gasteiger partial charge in [-0.15, -0.1) is 17.5 Å². The van der Waals surface area contributed by atoms with Gasteiger partial charge in [0, 0.05) is 12.2 Å². The number of esters is 1. The molecule has 0 saturated heterocycles. The van der Waals surface area contributed by atoms with Crippen molar-refractivity contribution < 1.29 is 14.3 Å². The van der Waals surface area contributed by atoms with E-state index in [0.29, 0.717) is 25.2 Å². The number of aromatic nitrogens is 3. The van der Waals surface area contributed by atoms with Crippen LogP contribution in [-0.4, -0.2) is 33.5 Å². The number of hydrogen-bond acceptors (Lipinski definition) is 6. The molecular formula is C19H28ClN5O3. The van der Waals surface area contributed by atoms with E-state index in [4.69, 9.17) is 10.5 Å². The second kappa shape index (κ2) is 11.4. The minimum Gasteiger partial charge on any atom is -0.465 e. The van der Waals surface area contributed by atoms with Gasteiger partial charge in [-0.1, -0.05) is 31.2 Å². The van der Waals surface area contributed by atoms with Crippen LogP contribution < -0.4 is 11.1 Å². The number of nitrogens with two attached hydrogens (primary N) is 1. The molecule has 0 aliphatic carbocycles. The Kier molecular flexibility index (Phi) is 9.61. The summed E-state index contributed by atoms with van der Waals surface area (Å²) < 4.78 is 6.77. The lowest BCUT2D eigenvalue weighted by Crippen LogP contribution is -2.32. The van der Waals surface area contributed by atoms with Gasteiger partial charge in [-0.25, -0.2) is 4.68 Å². The summed E-state index contributed by atoms with van der Waals surface area (Å²) in [4.78, 5) is 24.6. The first-order valence-corrected chi connectivity index (χ1v) is 9.08. The SMILES string of the molecule is CCOC(=O)C(CC(C)C)C(=O)Nc1ccc(Cn2nncc2CN)cc1.Cl. The Labute approximate surface area is 171 Å². The third-order valence-electron chi connectivity index (χ3n) is 4.06. The van der Waals surface area contributed by atoms with Crippen molar-refractivity contribution in [3.05, 3.63) is 41.7 Å². The number of hydrogen-bond donors (Lipinski definition) is 2. The Balaban J connectivity index is 0.00000392. The van der Waals surface area contributed by atoms with Gasteiger partial charge >= 0.3 is 5.97 Å². The molecule has 0 bridgehead atoms. The first-order valence-electron chi connectivity index (χ1n) is 9.08. The molecule has 1 amide bonds. The summed E-state index contributed by atoms with van der Waals surface area (Å²) in [5, 5.41) is 10.7. The van der Waals surface area contributed by atoms with E-state index in [1.807, 2.05) is 26.0 Å². The Bertz CT molecular complexity index is 761. The molecule has 1 atom stereocenters. The van der Waals surface area contributed by atoms with Gasteiger partial charge in [0.25, 0.3) is 0 Å². The highest BCUT2D eigenvalue weighted by Crippen LogP contribution is 2.18. The quantitative estimate of drug-likeness (QED) is 0.485. The molecule has 2 rings (SSSR count). The fourth-order valence-corrected chi connectivity index (χ4v) is 2.69. The van der Waals surface area contributed by atoms with E-state index >= 15 is 0 Å². The van der Waals surface area contributed by atoms with Crippen LogP contribution in [0.15, 0.2) is 30.5 Å². The van der Waals surface area contributed by atoms with E-state index in [2.05, 4.69) is 15.6 Å². The van der Waals surface area contributed by atoms with Crippen molar-refractivity contribution in [2.75, 3.05) is 11.9 Å². The Morgan fingerprint density at radius 3 is 2.50 bits per heavy atom. The van der Waals surface area contributed by atoms with Crippen molar-refractivity contribution in [3.8, 4) is 0 Å². The number of rotatable bonds is 9. The smallest absolute Gasteiger partial charge is 0.318 e. The van der Waals surface area contributed by atoms with E-state index in [1.54, 1.807) is 29.9 Å². The van der Waals surface area contributed by atoms with Crippen molar-refractivity contribution in [1.29, 1.82) is 0 Å². The Morgan fingerprint density at radius 1 is 1.25 bits per heavy atom. The highest BCUT2D eigenvalue weighted by atomic mass is 35.5. The molecule has 1 unspecified atom stereocenters. The van der Waals surface area contributed by atoms with Crippen LogP contribution in [0.2, 0.25) is 0 Å². The molecule has 8 nitrogen and oxygen atoms in total.